The van der Waals surface area contributed by atoms with E-state index in [0.717, 1.165) is 0 Å². The Morgan fingerprint density at radius 3 is 2.00 bits per heavy atom. The van der Waals surface area contributed by atoms with Crippen LogP contribution in [-0.4, -0.2) is 36.4 Å². The van der Waals surface area contributed by atoms with E-state index in [1.807, 2.05) is 0 Å². The van der Waals surface area contributed by atoms with Crippen LogP contribution in [0, 0.1) is 0 Å². The van der Waals surface area contributed by atoms with Crippen LogP contribution in [0.5, 0.6) is 0 Å². The van der Waals surface area contributed by atoms with Crippen molar-refractivity contribution in [1.82, 2.24) is 0 Å². The molecule has 5 heavy (non-hydrogen) atoms. The molecule has 0 aliphatic heterocycles. The van der Waals surface area contributed by atoms with Gasteiger partial charge in [0.15, 0.2) is 0 Å². The van der Waals surface area contributed by atoms with Gasteiger partial charge in [0.2, 0.25) is 0 Å². The second-order valence-corrected chi connectivity index (χ2v) is 0.651. The normalized spacial score (nSPS) is 12.4. The maximum Gasteiger partial charge on any atom is 2.00 e. The van der Waals surface area contributed by atoms with Crippen LogP contribution < -0.4 is 0 Å². The van der Waals surface area contributed by atoms with E-state index in [9.17, 15) is 0 Å². The minimum Gasteiger partial charge on any atom is -1.00 e. The molecule has 0 amide bonds. The first-order valence-electron chi connectivity index (χ1n) is 0.516. The summed E-state index contributed by atoms with van der Waals surface area (Å²) in [5.74, 6) is 0. The van der Waals surface area contributed by atoms with Gasteiger partial charge in [0.05, 0.1) is 11.4 Å². The maximum atomic E-state index is 8.56. The van der Waals surface area contributed by atoms with Crippen molar-refractivity contribution >= 4 is 34.4 Å². The zero-order valence-corrected chi connectivity index (χ0v) is 4.61. The summed E-state index contributed by atoms with van der Waals surface area (Å²) in [5.41, 5.74) is 0. The van der Waals surface area contributed by atoms with Gasteiger partial charge in [0, 0.05) is 0 Å². The summed E-state index contributed by atoms with van der Waals surface area (Å²) < 4.78 is 24.1. The van der Waals surface area contributed by atoms with E-state index in [4.69, 9.17) is 13.3 Å². The molecule has 0 aliphatic rings. The van der Waals surface area contributed by atoms with Crippen molar-refractivity contribution in [1.29, 1.82) is 0 Å². The molecular weight excluding hydrogens is 104 g/mol. The summed E-state index contributed by atoms with van der Waals surface area (Å²) in [5, 5.41) is 0. The molecule has 3 nitrogen and oxygen atoms in total. The van der Waals surface area contributed by atoms with Gasteiger partial charge in [0.1, 0.15) is 0 Å². The van der Waals surface area contributed by atoms with Gasteiger partial charge in [-0.05, 0) is 0 Å². The Hall–Kier alpha value is 0.836. The average molecular weight is 107 g/mol. The third-order valence-electron chi connectivity index (χ3n) is 0. The first-order chi connectivity index (χ1) is 1.73. The van der Waals surface area contributed by atoms with Gasteiger partial charge in [-0.15, -0.1) is 0 Å². The van der Waals surface area contributed by atoms with E-state index in [1.54, 1.807) is 0 Å². The fourth-order valence-electron chi connectivity index (χ4n) is 0. The van der Waals surface area contributed by atoms with Gasteiger partial charge in [-0.1, -0.05) is 0 Å². The van der Waals surface area contributed by atoms with Crippen LogP contribution in [0.25, 0.3) is 0 Å². The van der Waals surface area contributed by atoms with Crippen LogP contribution in [0.3, 0.4) is 0 Å². The number of hydrogen-bond acceptors (Lipinski definition) is 2. The van der Waals surface area contributed by atoms with E-state index in [2.05, 4.69) is 0 Å². The third kappa shape index (κ3) is 55.6. The Balaban J connectivity index is -0.0000000150. The molecular formula is H3MgO3S-. The molecule has 30 valence electrons. The van der Waals surface area contributed by atoms with Crippen molar-refractivity contribution in [3.05, 3.63) is 0 Å². The molecule has 0 aliphatic carbocycles. The molecule has 1 atom stereocenters. The molecule has 0 aromatic carbocycles. The first kappa shape index (κ1) is 9.28. The van der Waals surface area contributed by atoms with Crippen molar-refractivity contribution in [2.75, 3.05) is 0 Å². The predicted octanol–water partition coefficient (Wildman–Crippen LogP) is -0.817. The molecule has 0 fully saturated rings. The maximum absolute atomic E-state index is 8.56. The first-order valence-corrected chi connectivity index (χ1v) is 1.55. The van der Waals surface area contributed by atoms with Crippen molar-refractivity contribution < 1.29 is 16.2 Å². The van der Waals surface area contributed by atoms with Crippen molar-refractivity contribution in [3.8, 4) is 0 Å². The number of hydrogen-bond donors (Lipinski definition) is 1. The summed E-state index contributed by atoms with van der Waals surface area (Å²) >= 11 is -2.86. The van der Waals surface area contributed by atoms with Crippen molar-refractivity contribution in [2.45, 2.75) is 0 Å². The summed E-state index contributed by atoms with van der Waals surface area (Å²) in [6, 6.07) is 0. The second kappa shape index (κ2) is 4.84. The molecule has 0 rings (SSSR count). The van der Waals surface area contributed by atoms with Gasteiger partial charge in [-0.2, -0.15) is 0 Å². The van der Waals surface area contributed by atoms with E-state index in [1.165, 1.54) is 0 Å². The molecule has 0 saturated heterocycles. The molecule has 0 radical (unpaired) electrons. The topological polar surface area (TPSA) is 60.4 Å². The molecule has 1 N–H and O–H groups in total. The Morgan fingerprint density at radius 1 is 2.00 bits per heavy atom. The molecule has 0 spiro atoms. The smallest absolute Gasteiger partial charge is 1.00 e. The molecule has 5 heteroatoms. The van der Waals surface area contributed by atoms with E-state index in [-0.39, 0.29) is 25.9 Å². The summed E-state index contributed by atoms with van der Waals surface area (Å²) in [6.45, 7) is 0. The zero-order valence-electron chi connectivity index (χ0n) is 4.38. The van der Waals surface area contributed by atoms with E-state index >= 15 is 0 Å². The van der Waals surface area contributed by atoms with Crippen LogP contribution in [-0.2, 0) is 11.4 Å². The quantitative estimate of drug-likeness (QED) is 0.325. The van der Waals surface area contributed by atoms with Crippen molar-refractivity contribution in [3.63, 3.8) is 0 Å². The molecule has 0 heterocycles. The largest absolute Gasteiger partial charge is 2.00 e. The van der Waals surface area contributed by atoms with Crippen LogP contribution in [0.15, 0.2) is 0 Å². The van der Waals surface area contributed by atoms with Crippen LogP contribution in [0.1, 0.15) is 2.85 Å². The standard InChI is InChI=1S/Mg.H2O3S.2H/c;1-4(2)3;;/h;(H2,1,2,3);;/q+2;;2*-1/p-1. The predicted molar refractivity (Wildman–Crippen MR) is 19.5 cm³/mol. The Labute approximate surface area is 51.0 Å². The van der Waals surface area contributed by atoms with Gasteiger partial charge in [-0.3, -0.25) is 0 Å². The van der Waals surface area contributed by atoms with Gasteiger partial charge < -0.3 is 12.0 Å². The van der Waals surface area contributed by atoms with Crippen LogP contribution in [0.4, 0.5) is 0 Å². The summed E-state index contributed by atoms with van der Waals surface area (Å²) in [4.78, 5) is 0. The molecule has 1 unspecified atom stereocenters. The molecule has 0 aromatic rings. The zero-order chi connectivity index (χ0) is 3.58. The van der Waals surface area contributed by atoms with E-state index < -0.39 is 11.4 Å². The summed E-state index contributed by atoms with van der Waals surface area (Å²) in [7, 11) is 0. The summed E-state index contributed by atoms with van der Waals surface area (Å²) in [6.07, 6.45) is 0. The fraction of sp³-hybridized carbons (Fsp3) is 0. The minimum absolute atomic E-state index is 0. The Morgan fingerprint density at radius 2 is 2.00 bits per heavy atom. The monoisotopic (exact) mass is 107 g/mol. The Kier molecular flexibility index (Phi) is 8.97. The minimum atomic E-state index is -2.86. The van der Waals surface area contributed by atoms with Crippen molar-refractivity contribution in [2.24, 2.45) is 0 Å². The van der Waals surface area contributed by atoms with Gasteiger partial charge in [0.25, 0.3) is 0 Å². The van der Waals surface area contributed by atoms with Crippen LogP contribution in [0.2, 0.25) is 0 Å². The molecule has 0 bridgehead atoms. The average Bonchev–Trinajstić information content (AvgIpc) is 0.811. The third-order valence-corrected chi connectivity index (χ3v) is 0. The second-order valence-electron chi connectivity index (χ2n) is 0.217. The van der Waals surface area contributed by atoms with E-state index in [0.29, 0.717) is 0 Å². The number of rotatable bonds is 0. The van der Waals surface area contributed by atoms with Gasteiger partial charge >= 0.3 is 23.1 Å². The fourth-order valence-corrected chi connectivity index (χ4v) is 0. The Bertz CT molecular complexity index is 35.9. The SMILES string of the molecule is O=S([O-])O.[H-].[H-].[Mg+2]. The van der Waals surface area contributed by atoms with Crippen LogP contribution >= 0.6 is 0 Å². The molecule has 0 aromatic heterocycles. The van der Waals surface area contributed by atoms with Gasteiger partial charge in [-0.25, -0.2) is 4.21 Å². The molecule has 0 saturated carbocycles.